The summed E-state index contributed by atoms with van der Waals surface area (Å²) in [7, 11) is 0. The largest absolute Gasteiger partial charge is 0.0654 e. The molecule has 2 atom stereocenters. The summed E-state index contributed by atoms with van der Waals surface area (Å²) < 4.78 is 0. The summed E-state index contributed by atoms with van der Waals surface area (Å²) in [5.74, 6) is 1.82. The molecule has 0 aliphatic rings. The molecule has 1 radical (unpaired) electrons. The Hall–Kier alpha value is 0. The average Bonchev–Trinajstić information content (AvgIpc) is 2.21. The van der Waals surface area contributed by atoms with Gasteiger partial charge in [0.05, 0.1) is 0 Å². The van der Waals surface area contributed by atoms with Crippen LogP contribution in [0, 0.1) is 18.8 Å². The maximum Gasteiger partial charge on any atom is -0.0417 e. The van der Waals surface area contributed by atoms with Crippen molar-refractivity contribution in [1.82, 2.24) is 0 Å². The minimum absolute atomic E-state index is 0.883. The molecule has 0 heterocycles. The first-order chi connectivity index (χ1) is 6.74. The van der Waals surface area contributed by atoms with E-state index in [2.05, 4.69) is 27.7 Å². The Morgan fingerprint density at radius 3 is 2.14 bits per heavy atom. The summed E-state index contributed by atoms with van der Waals surface area (Å²) in [6.07, 6.45) is 10.9. The van der Waals surface area contributed by atoms with Crippen LogP contribution < -0.4 is 0 Å². The summed E-state index contributed by atoms with van der Waals surface area (Å²) in [5.41, 5.74) is 0. The predicted octanol–water partition coefficient (Wildman–Crippen LogP) is 5.23. The van der Waals surface area contributed by atoms with Gasteiger partial charge in [0.2, 0.25) is 0 Å². The van der Waals surface area contributed by atoms with E-state index in [9.17, 15) is 0 Å². The topological polar surface area (TPSA) is 0 Å². The second-order valence-electron chi connectivity index (χ2n) is 4.74. The molecule has 14 heavy (non-hydrogen) atoms. The van der Waals surface area contributed by atoms with Crippen molar-refractivity contribution in [3.8, 4) is 0 Å². The van der Waals surface area contributed by atoms with E-state index in [0.29, 0.717) is 0 Å². The first kappa shape index (κ1) is 14.0. The van der Waals surface area contributed by atoms with Crippen LogP contribution in [0.5, 0.6) is 0 Å². The molecule has 0 heteroatoms. The lowest BCUT2D eigenvalue weighted by Crippen LogP contribution is -2.00. The van der Waals surface area contributed by atoms with Crippen LogP contribution in [-0.4, -0.2) is 0 Å². The smallest absolute Gasteiger partial charge is 0.0417 e. The summed E-state index contributed by atoms with van der Waals surface area (Å²) in [6, 6.07) is 0. The van der Waals surface area contributed by atoms with Crippen molar-refractivity contribution in [3.63, 3.8) is 0 Å². The number of hydrogen-bond donors (Lipinski definition) is 0. The van der Waals surface area contributed by atoms with Gasteiger partial charge >= 0.3 is 0 Å². The fourth-order valence-corrected chi connectivity index (χ4v) is 2.00. The van der Waals surface area contributed by atoms with Gasteiger partial charge in [0.15, 0.2) is 0 Å². The van der Waals surface area contributed by atoms with Gasteiger partial charge in [-0.05, 0) is 11.8 Å². The van der Waals surface area contributed by atoms with Crippen LogP contribution in [0.2, 0.25) is 0 Å². The molecule has 0 N–H and O–H groups in total. The quantitative estimate of drug-likeness (QED) is 0.474. The second kappa shape index (κ2) is 9.55. The summed E-state index contributed by atoms with van der Waals surface area (Å²) >= 11 is 0. The van der Waals surface area contributed by atoms with Crippen LogP contribution in [0.25, 0.3) is 0 Å². The molecule has 0 aromatic heterocycles. The van der Waals surface area contributed by atoms with Gasteiger partial charge in [-0.15, -0.1) is 0 Å². The lowest BCUT2D eigenvalue weighted by atomic mass is 9.92. The lowest BCUT2D eigenvalue weighted by molar-refractivity contribution is 0.396. The zero-order valence-corrected chi connectivity index (χ0v) is 10.5. The first-order valence-corrected chi connectivity index (χ1v) is 6.53. The Labute approximate surface area is 91.5 Å². The van der Waals surface area contributed by atoms with E-state index < -0.39 is 0 Å². The van der Waals surface area contributed by atoms with Crippen molar-refractivity contribution >= 4 is 0 Å². The Balaban J connectivity index is 3.33. The van der Waals surface area contributed by atoms with Gasteiger partial charge in [-0.25, -0.2) is 0 Å². The minimum atomic E-state index is 0.883. The van der Waals surface area contributed by atoms with E-state index >= 15 is 0 Å². The third kappa shape index (κ3) is 7.41. The standard InChI is InChI=1S/C14H29/c1-5-8-10-13(4)11-9-12-14(6-2)7-3/h13-14H,2,5-12H2,1,3-4H3. The highest BCUT2D eigenvalue weighted by atomic mass is 14.1. The van der Waals surface area contributed by atoms with E-state index in [1.165, 1.54) is 44.9 Å². The molecule has 0 aliphatic heterocycles. The van der Waals surface area contributed by atoms with Crippen LogP contribution in [0.4, 0.5) is 0 Å². The highest BCUT2D eigenvalue weighted by Crippen LogP contribution is 2.20. The minimum Gasteiger partial charge on any atom is -0.0654 e. The van der Waals surface area contributed by atoms with Crippen molar-refractivity contribution in [3.05, 3.63) is 6.92 Å². The maximum absolute atomic E-state index is 4.00. The SMILES string of the molecule is [CH2]CC(CC)CCCC(C)CCCC. The zero-order valence-electron chi connectivity index (χ0n) is 10.5. The summed E-state index contributed by atoms with van der Waals surface area (Å²) in [4.78, 5) is 0. The van der Waals surface area contributed by atoms with Gasteiger partial charge in [0.1, 0.15) is 0 Å². The Kier molecular flexibility index (Phi) is 9.55. The third-order valence-corrected chi connectivity index (χ3v) is 3.35. The third-order valence-electron chi connectivity index (χ3n) is 3.35. The molecular formula is C14H29. The monoisotopic (exact) mass is 197 g/mol. The maximum atomic E-state index is 4.00. The molecule has 0 fully saturated rings. The lowest BCUT2D eigenvalue weighted by Gasteiger charge is -2.14. The van der Waals surface area contributed by atoms with Gasteiger partial charge < -0.3 is 0 Å². The zero-order chi connectivity index (χ0) is 10.8. The van der Waals surface area contributed by atoms with E-state index in [1.807, 2.05) is 0 Å². The molecule has 2 unspecified atom stereocenters. The molecule has 0 spiro atoms. The van der Waals surface area contributed by atoms with Crippen molar-refractivity contribution in [1.29, 1.82) is 0 Å². The summed E-state index contributed by atoms with van der Waals surface area (Å²) in [6.45, 7) is 11.0. The Morgan fingerprint density at radius 2 is 1.64 bits per heavy atom. The molecule has 0 aromatic carbocycles. The average molecular weight is 197 g/mol. The van der Waals surface area contributed by atoms with Crippen LogP contribution in [0.15, 0.2) is 0 Å². The van der Waals surface area contributed by atoms with Gasteiger partial charge in [0, 0.05) is 0 Å². The van der Waals surface area contributed by atoms with Crippen LogP contribution in [0.3, 0.4) is 0 Å². The first-order valence-electron chi connectivity index (χ1n) is 6.53. The van der Waals surface area contributed by atoms with Crippen LogP contribution in [-0.2, 0) is 0 Å². The molecule has 0 nitrogen and oxygen atoms in total. The van der Waals surface area contributed by atoms with Crippen molar-refractivity contribution in [2.24, 2.45) is 11.8 Å². The molecule has 0 aliphatic carbocycles. The highest BCUT2D eigenvalue weighted by molar-refractivity contribution is 4.61. The Bertz CT molecular complexity index is 103. The molecule has 0 saturated heterocycles. The van der Waals surface area contributed by atoms with Gasteiger partial charge in [0.25, 0.3) is 0 Å². The van der Waals surface area contributed by atoms with E-state index in [-0.39, 0.29) is 0 Å². The predicted molar refractivity (Wildman–Crippen MR) is 66.3 cm³/mol. The number of hydrogen-bond acceptors (Lipinski definition) is 0. The van der Waals surface area contributed by atoms with Crippen LogP contribution in [0.1, 0.15) is 72.1 Å². The van der Waals surface area contributed by atoms with Crippen molar-refractivity contribution < 1.29 is 0 Å². The normalized spacial score (nSPS) is 13.5. The van der Waals surface area contributed by atoms with Gasteiger partial charge in [-0.2, -0.15) is 0 Å². The van der Waals surface area contributed by atoms with Crippen molar-refractivity contribution in [2.75, 3.05) is 0 Å². The van der Waals surface area contributed by atoms with E-state index in [0.717, 1.165) is 18.3 Å². The molecule has 0 bridgehead atoms. The van der Waals surface area contributed by atoms with Crippen molar-refractivity contribution in [2.45, 2.75) is 72.1 Å². The molecule has 0 rings (SSSR count). The Morgan fingerprint density at radius 1 is 1.00 bits per heavy atom. The van der Waals surface area contributed by atoms with E-state index in [4.69, 9.17) is 0 Å². The molecule has 0 saturated carbocycles. The van der Waals surface area contributed by atoms with Crippen LogP contribution >= 0.6 is 0 Å². The van der Waals surface area contributed by atoms with Gasteiger partial charge in [-0.1, -0.05) is 79.1 Å². The fourth-order valence-electron chi connectivity index (χ4n) is 2.00. The molecular weight excluding hydrogens is 168 g/mol. The molecule has 0 amide bonds. The molecule has 85 valence electrons. The summed E-state index contributed by atoms with van der Waals surface area (Å²) in [5, 5.41) is 0. The van der Waals surface area contributed by atoms with Gasteiger partial charge in [-0.3, -0.25) is 0 Å². The number of unbranched alkanes of at least 4 members (excludes halogenated alkanes) is 1. The molecule has 0 aromatic rings. The second-order valence-corrected chi connectivity index (χ2v) is 4.74. The van der Waals surface area contributed by atoms with E-state index in [1.54, 1.807) is 0 Å². The highest BCUT2D eigenvalue weighted by Gasteiger charge is 2.05. The number of rotatable bonds is 9. The fraction of sp³-hybridized carbons (Fsp3) is 0.929.